The van der Waals surface area contributed by atoms with Crippen LogP contribution >= 0.6 is 0 Å². The molecule has 8 nitrogen and oxygen atoms in total. The number of ether oxygens (including phenoxy) is 1. The second-order valence-corrected chi connectivity index (χ2v) is 5.46. The van der Waals surface area contributed by atoms with Gasteiger partial charge >= 0.3 is 0 Å². The van der Waals surface area contributed by atoms with Crippen molar-refractivity contribution in [2.75, 3.05) is 11.9 Å². The van der Waals surface area contributed by atoms with Crippen molar-refractivity contribution in [3.8, 4) is 5.88 Å². The first-order valence-corrected chi connectivity index (χ1v) is 7.27. The van der Waals surface area contributed by atoms with Crippen molar-refractivity contribution in [1.29, 1.82) is 0 Å². The van der Waals surface area contributed by atoms with Crippen LogP contribution in [0.3, 0.4) is 0 Å². The Balaban J connectivity index is 1.88. The van der Waals surface area contributed by atoms with Gasteiger partial charge in [-0.2, -0.15) is 10.1 Å². The van der Waals surface area contributed by atoms with E-state index in [9.17, 15) is 0 Å². The average molecular weight is 299 g/mol. The first-order chi connectivity index (χ1) is 10.6. The molecular formula is C14H17N7O. The standard InChI is InChI=1S/C14H17N7O/c1-8-10-7-15-14-16-11-9(2)20(3)19-13(11)22-6-4-5-21(18-8)12(10)17-14/h7H,4-6H2,1-3H3,(H,15,16,17). The number of hydrogen-bond acceptors (Lipinski definition) is 6. The number of anilines is 2. The van der Waals surface area contributed by atoms with Gasteiger partial charge in [0, 0.05) is 26.2 Å². The largest absolute Gasteiger partial charge is 0.475 e. The summed E-state index contributed by atoms with van der Waals surface area (Å²) < 4.78 is 9.51. The summed E-state index contributed by atoms with van der Waals surface area (Å²) >= 11 is 0. The minimum Gasteiger partial charge on any atom is -0.475 e. The highest BCUT2D eigenvalue weighted by molar-refractivity contribution is 5.79. The molecule has 114 valence electrons. The highest BCUT2D eigenvalue weighted by Crippen LogP contribution is 2.30. The predicted octanol–water partition coefficient (Wildman–Crippen LogP) is 1.70. The van der Waals surface area contributed by atoms with Gasteiger partial charge in [-0.25, -0.2) is 9.67 Å². The number of hydrogen-bond donors (Lipinski definition) is 1. The smallest absolute Gasteiger partial charge is 0.257 e. The molecule has 0 saturated carbocycles. The summed E-state index contributed by atoms with van der Waals surface area (Å²) in [6, 6.07) is 0. The quantitative estimate of drug-likeness (QED) is 0.680. The van der Waals surface area contributed by atoms with Gasteiger partial charge in [-0.1, -0.05) is 0 Å². The maximum atomic E-state index is 5.81. The van der Waals surface area contributed by atoms with E-state index >= 15 is 0 Å². The third-order valence-electron chi connectivity index (χ3n) is 3.97. The summed E-state index contributed by atoms with van der Waals surface area (Å²) in [4.78, 5) is 9.00. The van der Waals surface area contributed by atoms with E-state index in [4.69, 9.17) is 4.74 Å². The van der Waals surface area contributed by atoms with E-state index in [0.717, 1.165) is 41.1 Å². The van der Waals surface area contributed by atoms with Crippen LogP contribution in [0.1, 0.15) is 17.8 Å². The van der Waals surface area contributed by atoms with Crippen LogP contribution in [0, 0.1) is 13.8 Å². The molecule has 0 aliphatic carbocycles. The SMILES string of the molecule is Cc1nn2c3nc(ncc13)Nc1c(nn(C)c1C)OCCC2. The molecule has 0 amide bonds. The average Bonchev–Trinajstić information content (AvgIpc) is 2.95. The molecule has 1 N–H and O–H groups in total. The Kier molecular flexibility index (Phi) is 2.78. The zero-order chi connectivity index (χ0) is 15.3. The molecule has 0 aromatic carbocycles. The molecule has 4 rings (SSSR count). The van der Waals surface area contributed by atoms with Crippen LogP contribution in [-0.2, 0) is 13.6 Å². The Morgan fingerprint density at radius 2 is 2.14 bits per heavy atom. The molecule has 0 fully saturated rings. The van der Waals surface area contributed by atoms with Crippen molar-refractivity contribution >= 4 is 22.7 Å². The van der Waals surface area contributed by atoms with E-state index in [1.165, 1.54) is 0 Å². The third-order valence-corrected chi connectivity index (χ3v) is 3.97. The van der Waals surface area contributed by atoms with Gasteiger partial charge in [0.15, 0.2) is 5.65 Å². The maximum Gasteiger partial charge on any atom is 0.257 e. The van der Waals surface area contributed by atoms with E-state index in [0.29, 0.717) is 18.4 Å². The predicted molar refractivity (Wildman–Crippen MR) is 81.4 cm³/mol. The molecule has 8 heteroatoms. The van der Waals surface area contributed by atoms with Crippen LogP contribution in [0.15, 0.2) is 6.20 Å². The first-order valence-electron chi connectivity index (χ1n) is 7.27. The highest BCUT2D eigenvalue weighted by atomic mass is 16.5. The van der Waals surface area contributed by atoms with Gasteiger partial charge in [0.25, 0.3) is 5.88 Å². The fourth-order valence-electron chi connectivity index (χ4n) is 2.64. The monoisotopic (exact) mass is 299 g/mol. The van der Waals surface area contributed by atoms with Crippen molar-refractivity contribution in [1.82, 2.24) is 29.5 Å². The van der Waals surface area contributed by atoms with E-state index in [1.54, 1.807) is 4.68 Å². The Bertz CT molecular complexity index is 864. The van der Waals surface area contributed by atoms with Crippen LogP contribution in [0.4, 0.5) is 11.6 Å². The van der Waals surface area contributed by atoms with Gasteiger partial charge in [-0.15, -0.1) is 5.10 Å². The Morgan fingerprint density at radius 3 is 3.00 bits per heavy atom. The molecule has 0 atom stereocenters. The number of rotatable bonds is 0. The number of nitrogens with one attached hydrogen (secondary N) is 1. The molecular weight excluding hydrogens is 282 g/mol. The van der Waals surface area contributed by atoms with Gasteiger partial charge < -0.3 is 10.1 Å². The molecule has 0 saturated heterocycles. The van der Waals surface area contributed by atoms with Gasteiger partial charge in [0.2, 0.25) is 5.95 Å². The Morgan fingerprint density at radius 1 is 1.27 bits per heavy atom. The minimum atomic E-state index is 0.525. The topological polar surface area (TPSA) is 82.7 Å². The van der Waals surface area contributed by atoms with Crippen molar-refractivity contribution in [3.05, 3.63) is 17.6 Å². The Labute approximate surface area is 127 Å². The van der Waals surface area contributed by atoms with Crippen LogP contribution in [0.2, 0.25) is 0 Å². The lowest BCUT2D eigenvalue weighted by Gasteiger charge is -2.06. The summed E-state index contributed by atoms with van der Waals surface area (Å²) in [5, 5.41) is 13.1. The zero-order valence-electron chi connectivity index (χ0n) is 12.8. The molecule has 3 aromatic heterocycles. The van der Waals surface area contributed by atoms with Gasteiger partial charge in [-0.3, -0.25) is 4.68 Å². The summed E-state index contributed by atoms with van der Waals surface area (Å²) in [6.45, 7) is 5.28. The molecule has 1 aliphatic heterocycles. The second-order valence-electron chi connectivity index (χ2n) is 5.46. The fourth-order valence-corrected chi connectivity index (χ4v) is 2.64. The summed E-state index contributed by atoms with van der Waals surface area (Å²) in [6.07, 6.45) is 2.65. The third kappa shape index (κ3) is 1.91. The van der Waals surface area contributed by atoms with E-state index in [1.807, 2.05) is 31.8 Å². The fraction of sp³-hybridized carbons (Fsp3) is 0.429. The zero-order valence-corrected chi connectivity index (χ0v) is 12.8. The molecule has 0 unspecified atom stereocenters. The van der Waals surface area contributed by atoms with Gasteiger partial charge in [0.1, 0.15) is 5.69 Å². The maximum absolute atomic E-state index is 5.81. The lowest BCUT2D eigenvalue weighted by Crippen LogP contribution is -2.06. The minimum absolute atomic E-state index is 0.525. The van der Waals surface area contributed by atoms with E-state index in [2.05, 4.69) is 25.5 Å². The summed E-state index contributed by atoms with van der Waals surface area (Å²) in [5.41, 5.74) is 3.58. The van der Waals surface area contributed by atoms with Crippen molar-refractivity contribution in [2.24, 2.45) is 7.05 Å². The van der Waals surface area contributed by atoms with Crippen molar-refractivity contribution in [2.45, 2.75) is 26.8 Å². The number of fused-ring (bicyclic) bond motifs is 2. The number of aryl methyl sites for hydroxylation is 3. The molecule has 22 heavy (non-hydrogen) atoms. The van der Waals surface area contributed by atoms with Crippen molar-refractivity contribution < 1.29 is 4.74 Å². The van der Waals surface area contributed by atoms with Gasteiger partial charge in [0.05, 0.1) is 23.4 Å². The first kappa shape index (κ1) is 13.1. The number of aromatic nitrogens is 6. The Hall–Kier alpha value is -2.64. The molecule has 0 spiro atoms. The lowest BCUT2D eigenvalue weighted by atomic mass is 10.3. The van der Waals surface area contributed by atoms with Crippen molar-refractivity contribution in [3.63, 3.8) is 0 Å². The van der Waals surface area contributed by atoms with Crippen LogP contribution < -0.4 is 10.1 Å². The van der Waals surface area contributed by atoms with Gasteiger partial charge in [-0.05, 0) is 13.8 Å². The normalized spacial score (nSPS) is 14.3. The molecule has 3 aromatic rings. The second kappa shape index (κ2) is 4.69. The lowest BCUT2D eigenvalue weighted by molar-refractivity contribution is 0.287. The molecule has 4 heterocycles. The van der Waals surface area contributed by atoms with Crippen LogP contribution in [-0.4, -0.2) is 36.1 Å². The van der Waals surface area contributed by atoms with Crippen LogP contribution in [0.25, 0.3) is 11.0 Å². The van der Waals surface area contributed by atoms with E-state index in [-0.39, 0.29) is 0 Å². The molecule has 0 radical (unpaired) electrons. The highest BCUT2D eigenvalue weighted by Gasteiger charge is 2.18. The van der Waals surface area contributed by atoms with E-state index < -0.39 is 0 Å². The molecule has 1 aliphatic rings. The number of nitrogens with zero attached hydrogens (tertiary/aromatic N) is 6. The van der Waals surface area contributed by atoms with Crippen LogP contribution in [0.5, 0.6) is 5.88 Å². The molecule has 2 bridgehead atoms. The summed E-state index contributed by atoms with van der Waals surface area (Å²) in [5.74, 6) is 1.11. The summed E-state index contributed by atoms with van der Waals surface area (Å²) in [7, 11) is 1.89.